The zero-order valence-electron chi connectivity index (χ0n) is 9.96. The van der Waals surface area contributed by atoms with Gasteiger partial charge in [-0.1, -0.05) is 12.3 Å². The normalized spacial score (nSPS) is 30.1. The standard InChI is InChI=1S/C13H20N2O/c1-2-6-13(16)12-9-11(14-12)10-15-7-4-3-5-8-15/h11-12,14H,3-5,7-10H2,1H3/t11-,12-/m0/s1. The second-order valence-corrected chi connectivity index (χ2v) is 4.75. The van der Waals surface area contributed by atoms with E-state index in [1.165, 1.54) is 32.4 Å². The van der Waals surface area contributed by atoms with Crippen molar-refractivity contribution in [1.82, 2.24) is 10.2 Å². The number of hydrogen-bond donors (Lipinski definition) is 1. The first-order chi connectivity index (χ1) is 7.79. The second-order valence-electron chi connectivity index (χ2n) is 4.75. The van der Waals surface area contributed by atoms with Crippen molar-refractivity contribution in [2.45, 2.75) is 44.7 Å². The molecule has 3 heteroatoms. The number of nitrogens with one attached hydrogen (secondary N) is 1. The molecular formula is C13H20N2O. The molecule has 16 heavy (non-hydrogen) atoms. The first-order valence-electron chi connectivity index (χ1n) is 6.24. The van der Waals surface area contributed by atoms with Gasteiger partial charge < -0.3 is 10.2 Å². The lowest BCUT2D eigenvalue weighted by atomic mass is 9.92. The molecule has 2 fully saturated rings. The lowest BCUT2D eigenvalue weighted by Gasteiger charge is -2.39. The number of rotatable bonds is 3. The van der Waals surface area contributed by atoms with E-state index in [1.807, 2.05) is 0 Å². The number of carbonyl (C=O) groups excluding carboxylic acids is 1. The number of ketones is 1. The Kier molecular flexibility index (Phi) is 3.98. The Balaban J connectivity index is 1.67. The quantitative estimate of drug-likeness (QED) is 0.564. The highest BCUT2D eigenvalue weighted by Crippen LogP contribution is 2.16. The van der Waals surface area contributed by atoms with Crippen molar-refractivity contribution in [1.29, 1.82) is 0 Å². The van der Waals surface area contributed by atoms with Gasteiger partial charge in [0, 0.05) is 12.6 Å². The van der Waals surface area contributed by atoms with E-state index in [2.05, 4.69) is 22.1 Å². The topological polar surface area (TPSA) is 32.3 Å². The molecule has 0 aromatic heterocycles. The van der Waals surface area contributed by atoms with Gasteiger partial charge in [0.25, 0.3) is 0 Å². The average molecular weight is 220 g/mol. The van der Waals surface area contributed by atoms with Gasteiger partial charge in [0.05, 0.1) is 6.04 Å². The highest BCUT2D eigenvalue weighted by molar-refractivity contribution is 6.00. The Labute approximate surface area is 97.6 Å². The predicted octanol–water partition coefficient (Wildman–Crippen LogP) is 0.795. The van der Waals surface area contributed by atoms with Crippen molar-refractivity contribution >= 4 is 5.78 Å². The molecular weight excluding hydrogens is 200 g/mol. The fraction of sp³-hybridized carbons (Fsp3) is 0.769. The van der Waals surface area contributed by atoms with Gasteiger partial charge in [0.15, 0.2) is 0 Å². The van der Waals surface area contributed by atoms with Crippen LogP contribution in [0.3, 0.4) is 0 Å². The Hall–Kier alpha value is -0.850. The Morgan fingerprint density at radius 2 is 2.06 bits per heavy atom. The van der Waals surface area contributed by atoms with E-state index in [4.69, 9.17) is 0 Å². The average Bonchev–Trinajstić information content (AvgIpc) is 2.24. The van der Waals surface area contributed by atoms with Crippen LogP contribution in [0.5, 0.6) is 0 Å². The van der Waals surface area contributed by atoms with Crippen molar-refractivity contribution in [2.24, 2.45) is 0 Å². The van der Waals surface area contributed by atoms with Crippen LogP contribution < -0.4 is 5.32 Å². The molecule has 2 aliphatic rings. The van der Waals surface area contributed by atoms with Crippen LogP contribution in [-0.2, 0) is 4.79 Å². The highest BCUT2D eigenvalue weighted by atomic mass is 16.1. The Morgan fingerprint density at radius 3 is 2.69 bits per heavy atom. The van der Waals surface area contributed by atoms with Crippen molar-refractivity contribution in [3.05, 3.63) is 0 Å². The monoisotopic (exact) mass is 220 g/mol. The van der Waals surface area contributed by atoms with Crippen LogP contribution in [0.25, 0.3) is 0 Å². The summed E-state index contributed by atoms with van der Waals surface area (Å²) in [4.78, 5) is 13.9. The molecule has 1 N–H and O–H groups in total. The largest absolute Gasteiger partial charge is 0.302 e. The summed E-state index contributed by atoms with van der Waals surface area (Å²) in [7, 11) is 0. The number of piperidine rings is 1. The summed E-state index contributed by atoms with van der Waals surface area (Å²) < 4.78 is 0. The van der Waals surface area contributed by atoms with Crippen molar-refractivity contribution in [3.63, 3.8) is 0 Å². The summed E-state index contributed by atoms with van der Waals surface area (Å²) in [5.41, 5.74) is 0. The van der Waals surface area contributed by atoms with Crippen molar-refractivity contribution in [2.75, 3.05) is 19.6 Å². The van der Waals surface area contributed by atoms with E-state index in [0.717, 1.165) is 13.0 Å². The predicted molar refractivity (Wildman–Crippen MR) is 64.1 cm³/mol. The van der Waals surface area contributed by atoms with Crippen LogP contribution in [0, 0.1) is 11.8 Å². The maximum atomic E-state index is 11.4. The van der Waals surface area contributed by atoms with Gasteiger partial charge in [-0.15, -0.1) is 0 Å². The van der Waals surface area contributed by atoms with Crippen LogP contribution in [0.1, 0.15) is 32.6 Å². The fourth-order valence-corrected chi connectivity index (χ4v) is 2.52. The number of hydrogen-bond acceptors (Lipinski definition) is 3. The second kappa shape index (κ2) is 5.47. The molecule has 2 aliphatic heterocycles. The molecule has 0 amide bonds. The van der Waals surface area contributed by atoms with Crippen molar-refractivity contribution < 1.29 is 4.79 Å². The van der Waals surface area contributed by atoms with Gasteiger partial charge in [0.1, 0.15) is 0 Å². The molecule has 0 aromatic rings. The molecule has 0 bridgehead atoms. The van der Waals surface area contributed by atoms with Gasteiger partial charge in [-0.2, -0.15) is 0 Å². The fourth-order valence-electron chi connectivity index (χ4n) is 2.52. The van der Waals surface area contributed by atoms with E-state index >= 15 is 0 Å². The van der Waals surface area contributed by atoms with Crippen LogP contribution in [0.2, 0.25) is 0 Å². The molecule has 0 unspecified atom stereocenters. The molecule has 2 atom stereocenters. The molecule has 0 aliphatic carbocycles. The zero-order valence-corrected chi connectivity index (χ0v) is 9.96. The minimum atomic E-state index is 0.00207. The first-order valence-corrected chi connectivity index (χ1v) is 6.24. The van der Waals surface area contributed by atoms with E-state index in [-0.39, 0.29) is 11.8 Å². The van der Waals surface area contributed by atoms with Crippen molar-refractivity contribution in [3.8, 4) is 11.8 Å². The summed E-state index contributed by atoms with van der Waals surface area (Å²) in [6.45, 7) is 5.27. The summed E-state index contributed by atoms with van der Waals surface area (Å²) in [6, 6.07) is 0.507. The molecule has 0 spiro atoms. The SMILES string of the molecule is CC#CC(=O)[C@@H]1C[C@@H](CN2CCCCC2)N1. The summed E-state index contributed by atoms with van der Waals surface area (Å²) >= 11 is 0. The van der Waals surface area contributed by atoms with Gasteiger partial charge in [-0.3, -0.25) is 4.79 Å². The third kappa shape index (κ3) is 2.84. The minimum absolute atomic E-state index is 0.00207. The van der Waals surface area contributed by atoms with E-state index in [1.54, 1.807) is 6.92 Å². The lowest BCUT2D eigenvalue weighted by Crippen LogP contribution is -2.60. The third-order valence-electron chi connectivity index (χ3n) is 3.45. The maximum absolute atomic E-state index is 11.4. The van der Waals surface area contributed by atoms with Crippen LogP contribution in [-0.4, -0.2) is 42.4 Å². The number of likely N-dealkylation sites (tertiary alicyclic amines) is 1. The van der Waals surface area contributed by atoms with Gasteiger partial charge in [-0.05, 0) is 45.2 Å². The molecule has 88 valence electrons. The molecule has 2 rings (SSSR count). The van der Waals surface area contributed by atoms with Crippen LogP contribution in [0.4, 0.5) is 0 Å². The van der Waals surface area contributed by atoms with E-state index in [0.29, 0.717) is 6.04 Å². The molecule has 2 heterocycles. The number of Topliss-reactive ketones (excluding diaryl/α,β-unsaturated/α-hetero) is 1. The third-order valence-corrected chi connectivity index (χ3v) is 3.45. The zero-order chi connectivity index (χ0) is 11.4. The Morgan fingerprint density at radius 1 is 1.38 bits per heavy atom. The minimum Gasteiger partial charge on any atom is -0.302 e. The maximum Gasteiger partial charge on any atom is 0.222 e. The summed E-state index contributed by atoms with van der Waals surface area (Å²) in [5.74, 6) is 5.32. The first kappa shape index (κ1) is 11.6. The lowest BCUT2D eigenvalue weighted by molar-refractivity contribution is -0.118. The van der Waals surface area contributed by atoms with E-state index < -0.39 is 0 Å². The molecule has 2 saturated heterocycles. The molecule has 3 nitrogen and oxygen atoms in total. The number of carbonyl (C=O) groups is 1. The van der Waals surface area contributed by atoms with Crippen LogP contribution >= 0.6 is 0 Å². The highest BCUT2D eigenvalue weighted by Gasteiger charge is 2.33. The number of nitrogens with zero attached hydrogens (tertiary/aromatic N) is 1. The van der Waals surface area contributed by atoms with Crippen LogP contribution in [0.15, 0.2) is 0 Å². The van der Waals surface area contributed by atoms with Gasteiger partial charge in [-0.25, -0.2) is 0 Å². The summed E-state index contributed by atoms with van der Waals surface area (Å²) in [5, 5.41) is 3.32. The Bertz CT molecular complexity index is 304. The summed E-state index contributed by atoms with van der Waals surface area (Å²) in [6.07, 6.45) is 5.00. The smallest absolute Gasteiger partial charge is 0.222 e. The molecule has 0 aromatic carbocycles. The van der Waals surface area contributed by atoms with Gasteiger partial charge in [0.2, 0.25) is 5.78 Å². The molecule has 0 radical (unpaired) electrons. The van der Waals surface area contributed by atoms with Gasteiger partial charge >= 0.3 is 0 Å². The van der Waals surface area contributed by atoms with E-state index in [9.17, 15) is 4.79 Å². The molecule has 0 saturated carbocycles.